The molecular formula is C24H24O6. The van der Waals surface area contributed by atoms with E-state index in [1.807, 2.05) is 19.1 Å². The Balaban J connectivity index is 2.14. The highest BCUT2D eigenvalue weighted by atomic mass is 16.5. The third kappa shape index (κ3) is 6.44. The topological polar surface area (TPSA) is 82.8 Å². The van der Waals surface area contributed by atoms with Crippen LogP contribution >= 0.6 is 0 Å². The summed E-state index contributed by atoms with van der Waals surface area (Å²) in [7, 11) is 0. The molecule has 0 saturated heterocycles. The average Bonchev–Trinajstić information content (AvgIpc) is 2.76. The maximum Gasteiger partial charge on any atom is 0.344 e. The molecule has 2 rings (SSSR count). The molecule has 0 aliphatic heterocycles. The van der Waals surface area contributed by atoms with Crippen LogP contribution in [0.4, 0.5) is 0 Å². The number of benzene rings is 1. The Morgan fingerprint density at radius 2 is 1.77 bits per heavy atom. The SMILES string of the molecule is C=CC(=O)OCCCC/C=c1/oc(=O)c(-c2ccc(OC(=O)C=C)cc2)c/c1=C/C. The quantitative estimate of drug-likeness (QED) is 0.275. The van der Waals surface area contributed by atoms with Crippen LogP contribution in [0.15, 0.2) is 64.9 Å². The molecule has 156 valence electrons. The van der Waals surface area contributed by atoms with Gasteiger partial charge in [-0.15, -0.1) is 0 Å². The van der Waals surface area contributed by atoms with Gasteiger partial charge >= 0.3 is 17.6 Å². The number of esters is 2. The van der Waals surface area contributed by atoms with Crippen LogP contribution in [0.5, 0.6) is 5.75 Å². The van der Waals surface area contributed by atoms with Crippen molar-refractivity contribution in [1.29, 1.82) is 0 Å². The van der Waals surface area contributed by atoms with Gasteiger partial charge in [-0.1, -0.05) is 31.4 Å². The molecule has 2 aromatic rings. The van der Waals surface area contributed by atoms with Crippen molar-refractivity contribution in [2.24, 2.45) is 0 Å². The summed E-state index contributed by atoms with van der Waals surface area (Å²) >= 11 is 0. The molecule has 6 nitrogen and oxygen atoms in total. The summed E-state index contributed by atoms with van der Waals surface area (Å²) < 4.78 is 15.5. The molecule has 1 aromatic carbocycles. The van der Waals surface area contributed by atoms with E-state index in [0.717, 1.165) is 23.8 Å². The number of hydrogen-bond donors (Lipinski definition) is 0. The summed E-state index contributed by atoms with van der Waals surface area (Å²) in [5.74, 6) is -0.627. The van der Waals surface area contributed by atoms with Gasteiger partial charge in [0.2, 0.25) is 0 Å². The Morgan fingerprint density at radius 1 is 1.07 bits per heavy atom. The first kappa shape index (κ1) is 22.6. The van der Waals surface area contributed by atoms with Gasteiger partial charge in [0.1, 0.15) is 11.2 Å². The standard InChI is InChI=1S/C24H24O6/c1-4-17-16-20(18-11-13-19(14-12-18)29-23(26)6-3)24(27)30-21(17)10-8-7-9-15-28-22(25)5-2/h4-6,10-14,16H,2-3,7-9,15H2,1H3/b17-4-,21-10+. The van der Waals surface area contributed by atoms with Crippen molar-refractivity contribution in [2.45, 2.75) is 26.2 Å². The number of hydrogen-bond acceptors (Lipinski definition) is 6. The van der Waals surface area contributed by atoms with Gasteiger partial charge in [0, 0.05) is 17.4 Å². The summed E-state index contributed by atoms with van der Waals surface area (Å²) in [5.41, 5.74) is 1.12. The van der Waals surface area contributed by atoms with Crippen LogP contribution in [-0.2, 0) is 14.3 Å². The monoisotopic (exact) mass is 408 g/mol. The summed E-state index contributed by atoms with van der Waals surface area (Å²) in [5, 5.41) is 0.796. The second kappa shape index (κ2) is 11.4. The Kier molecular flexibility index (Phi) is 8.56. The van der Waals surface area contributed by atoms with Crippen LogP contribution in [0.1, 0.15) is 26.2 Å². The largest absolute Gasteiger partial charge is 0.463 e. The molecule has 0 saturated carbocycles. The van der Waals surface area contributed by atoms with E-state index in [4.69, 9.17) is 13.9 Å². The van der Waals surface area contributed by atoms with Gasteiger partial charge in [0.15, 0.2) is 0 Å². The molecule has 0 N–H and O–H groups in total. The Morgan fingerprint density at radius 3 is 2.40 bits per heavy atom. The van der Waals surface area contributed by atoms with E-state index in [1.54, 1.807) is 30.3 Å². The van der Waals surface area contributed by atoms with Crippen molar-refractivity contribution in [2.75, 3.05) is 6.61 Å². The minimum atomic E-state index is -0.552. The molecular weight excluding hydrogens is 384 g/mol. The highest BCUT2D eigenvalue weighted by Gasteiger charge is 2.07. The van der Waals surface area contributed by atoms with E-state index in [-0.39, 0.29) is 0 Å². The molecule has 0 atom stereocenters. The molecule has 0 amide bonds. The van der Waals surface area contributed by atoms with E-state index < -0.39 is 17.6 Å². The highest BCUT2D eigenvalue weighted by molar-refractivity contribution is 5.83. The fourth-order valence-corrected chi connectivity index (χ4v) is 2.66. The number of carbonyl (C=O) groups excluding carboxylic acids is 2. The Bertz CT molecular complexity index is 1090. The van der Waals surface area contributed by atoms with E-state index in [2.05, 4.69) is 13.2 Å². The van der Waals surface area contributed by atoms with Crippen LogP contribution in [0.3, 0.4) is 0 Å². The molecule has 0 bridgehead atoms. The summed E-state index contributed by atoms with van der Waals surface area (Å²) in [4.78, 5) is 34.7. The van der Waals surface area contributed by atoms with Crippen molar-refractivity contribution >= 4 is 24.1 Å². The molecule has 1 heterocycles. The molecule has 0 fully saturated rings. The summed E-state index contributed by atoms with van der Waals surface area (Å²) in [6, 6.07) is 8.35. The number of rotatable bonds is 9. The van der Waals surface area contributed by atoms with E-state index in [1.165, 1.54) is 0 Å². The predicted octanol–water partition coefficient (Wildman–Crippen LogP) is 2.88. The number of carbonyl (C=O) groups is 2. The minimum Gasteiger partial charge on any atom is -0.463 e. The van der Waals surface area contributed by atoms with Crippen molar-refractivity contribution in [1.82, 2.24) is 0 Å². The van der Waals surface area contributed by atoms with Crippen molar-refractivity contribution in [3.8, 4) is 16.9 Å². The van der Waals surface area contributed by atoms with Crippen molar-refractivity contribution in [3.05, 3.63) is 76.7 Å². The lowest BCUT2D eigenvalue weighted by atomic mass is 10.1. The molecule has 30 heavy (non-hydrogen) atoms. The van der Waals surface area contributed by atoms with Crippen LogP contribution < -0.4 is 21.0 Å². The third-order valence-corrected chi connectivity index (χ3v) is 4.21. The Labute approximate surface area is 174 Å². The predicted molar refractivity (Wildman–Crippen MR) is 115 cm³/mol. The maximum atomic E-state index is 12.5. The lowest BCUT2D eigenvalue weighted by Gasteiger charge is -2.04. The summed E-state index contributed by atoms with van der Waals surface area (Å²) in [6.07, 6.45) is 8.09. The lowest BCUT2D eigenvalue weighted by Crippen LogP contribution is -2.29. The fraction of sp³-hybridized carbons (Fsp3) is 0.208. The van der Waals surface area contributed by atoms with Gasteiger partial charge < -0.3 is 13.9 Å². The summed E-state index contributed by atoms with van der Waals surface area (Å²) in [6.45, 7) is 8.88. The van der Waals surface area contributed by atoms with Gasteiger partial charge in [-0.05, 0) is 56.0 Å². The average molecular weight is 408 g/mol. The lowest BCUT2D eigenvalue weighted by molar-refractivity contribution is -0.137. The zero-order chi connectivity index (χ0) is 21.9. The Hall–Kier alpha value is -3.67. The van der Waals surface area contributed by atoms with Gasteiger partial charge in [-0.2, -0.15) is 0 Å². The molecule has 6 heteroatoms. The number of unbranched alkanes of at least 4 members (excludes halogenated alkanes) is 2. The smallest absolute Gasteiger partial charge is 0.344 e. The molecule has 0 unspecified atom stereocenters. The third-order valence-electron chi connectivity index (χ3n) is 4.21. The van der Waals surface area contributed by atoms with Gasteiger partial charge in [-0.3, -0.25) is 0 Å². The molecule has 0 radical (unpaired) electrons. The van der Waals surface area contributed by atoms with E-state index >= 15 is 0 Å². The van der Waals surface area contributed by atoms with Gasteiger partial charge in [-0.25, -0.2) is 14.4 Å². The first-order chi connectivity index (χ1) is 14.5. The first-order valence-corrected chi connectivity index (χ1v) is 9.53. The fourth-order valence-electron chi connectivity index (χ4n) is 2.66. The zero-order valence-corrected chi connectivity index (χ0v) is 16.9. The molecule has 0 aliphatic carbocycles. The van der Waals surface area contributed by atoms with Gasteiger partial charge in [0.25, 0.3) is 0 Å². The highest BCUT2D eigenvalue weighted by Crippen LogP contribution is 2.19. The second-order valence-corrected chi connectivity index (χ2v) is 6.28. The van der Waals surface area contributed by atoms with Crippen LogP contribution in [-0.4, -0.2) is 18.5 Å². The van der Waals surface area contributed by atoms with Crippen molar-refractivity contribution in [3.63, 3.8) is 0 Å². The van der Waals surface area contributed by atoms with Crippen LogP contribution in [0.25, 0.3) is 23.3 Å². The molecule has 1 aromatic heterocycles. The van der Waals surface area contributed by atoms with Crippen LogP contribution in [0, 0.1) is 0 Å². The zero-order valence-electron chi connectivity index (χ0n) is 16.9. The molecule has 0 aliphatic rings. The first-order valence-electron chi connectivity index (χ1n) is 9.53. The normalized spacial score (nSPS) is 11.8. The maximum absolute atomic E-state index is 12.5. The molecule has 0 spiro atoms. The van der Waals surface area contributed by atoms with Gasteiger partial charge in [0.05, 0.1) is 12.2 Å². The minimum absolute atomic E-state index is 0.326. The number of ether oxygens (including phenoxy) is 2. The second-order valence-electron chi connectivity index (χ2n) is 6.28. The van der Waals surface area contributed by atoms with Crippen molar-refractivity contribution < 1.29 is 23.5 Å². The van der Waals surface area contributed by atoms with E-state index in [0.29, 0.717) is 41.7 Å². The van der Waals surface area contributed by atoms with E-state index in [9.17, 15) is 14.4 Å². The van der Waals surface area contributed by atoms with Crippen LogP contribution in [0.2, 0.25) is 0 Å².